The lowest BCUT2D eigenvalue weighted by molar-refractivity contribution is 0.0994. The number of halogens is 1. The van der Waals surface area contributed by atoms with Crippen LogP contribution < -0.4 is 11.2 Å². The van der Waals surface area contributed by atoms with Crippen LogP contribution in [0.5, 0.6) is 0 Å². The number of fused-ring (bicyclic) bond motifs is 5. The van der Waals surface area contributed by atoms with Gasteiger partial charge in [0.1, 0.15) is 0 Å². The summed E-state index contributed by atoms with van der Waals surface area (Å²) in [6.07, 6.45) is 1.18. The van der Waals surface area contributed by atoms with Crippen molar-refractivity contribution in [2.24, 2.45) is 0 Å². The number of nitrogens with zero attached hydrogens (tertiary/aromatic N) is 3. The van der Waals surface area contributed by atoms with Crippen molar-refractivity contribution in [3.05, 3.63) is 62.3 Å². The number of rotatable bonds is 3. The highest BCUT2D eigenvalue weighted by Gasteiger charge is 2.26. The Kier molecular flexibility index (Phi) is 4.28. The number of carbonyl (C=O) groups excluding carboxylic acids is 1. The largest absolute Gasteiger partial charge is 0.336 e. The number of aryl methyl sites for hydroxylation is 1. The number of benzene rings is 2. The second-order valence-corrected chi connectivity index (χ2v) is 7.49. The zero-order valence-corrected chi connectivity index (χ0v) is 16.5. The van der Waals surface area contributed by atoms with E-state index in [4.69, 9.17) is 0 Å². The maximum atomic E-state index is 13.2. The van der Waals surface area contributed by atoms with Gasteiger partial charge in [0.25, 0.3) is 5.56 Å². The Balaban J connectivity index is 0.00000192. The van der Waals surface area contributed by atoms with E-state index in [0.717, 1.165) is 27.4 Å². The molecule has 0 saturated heterocycles. The molecule has 0 fully saturated rings. The first kappa shape index (κ1) is 18.7. The summed E-state index contributed by atoms with van der Waals surface area (Å²) in [4.78, 5) is 40.4. The van der Waals surface area contributed by atoms with Gasteiger partial charge < -0.3 is 4.90 Å². The minimum atomic E-state index is -0.315. The SMILES string of the molecule is CN(C)CCn1c(=O)c2cccc3c4c5c(ccc4n(c1=O)c23)C(=O)CC5.Cl. The van der Waals surface area contributed by atoms with Crippen LogP contribution in [0.2, 0.25) is 0 Å². The fourth-order valence-corrected chi connectivity index (χ4v) is 4.34. The van der Waals surface area contributed by atoms with Crippen molar-refractivity contribution in [2.45, 2.75) is 19.4 Å². The molecule has 0 radical (unpaired) electrons. The Bertz CT molecular complexity index is 1370. The number of ketones is 1. The van der Waals surface area contributed by atoms with Gasteiger partial charge in [0.2, 0.25) is 0 Å². The van der Waals surface area contributed by atoms with Crippen molar-refractivity contribution in [1.82, 2.24) is 13.9 Å². The van der Waals surface area contributed by atoms with Crippen LogP contribution in [0.3, 0.4) is 0 Å². The lowest BCUT2D eigenvalue weighted by Crippen LogP contribution is -2.39. The van der Waals surface area contributed by atoms with E-state index >= 15 is 0 Å². The summed E-state index contributed by atoms with van der Waals surface area (Å²) in [5.74, 6) is 0.147. The van der Waals surface area contributed by atoms with Gasteiger partial charge in [0.05, 0.1) is 16.4 Å². The van der Waals surface area contributed by atoms with Gasteiger partial charge in [0.15, 0.2) is 5.78 Å². The van der Waals surface area contributed by atoms with Crippen molar-refractivity contribution in [2.75, 3.05) is 20.6 Å². The molecular formula is C21H20ClN3O3. The molecule has 1 aliphatic carbocycles. The van der Waals surface area contributed by atoms with E-state index in [1.165, 1.54) is 4.57 Å². The normalized spacial score (nSPS) is 13.8. The number of likely N-dealkylation sites (N-methyl/N-ethyl adjacent to an activating group) is 1. The minimum absolute atomic E-state index is 0. The van der Waals surface area contributed by atoms with Crippen LogP contribution in [0.15, 0.2) is 39.9 Å². The maximum absolute atomic E-state index is 13.2. The van der Waals surface area contributed by atoms with Crippen LogP contribution in [0, 0.1) is 0 Å². The van der Waals surface area contributed by atoms with Crippen molar-refractivity contribution < 1.29 is 4.79 Å². The third kappa shape index (κ3) is 2.34. The molecule has 6 nitrogen and oxygen atoms in total. The van der Waals surface area contributed by atoms with E-state index in [1.54, 1.807) is 10.5 Å². The third-order valence-electron chi connectivity index (χ3n) is 5.63. The van der Waals surface area contributed by atoms with Gasteiger partial charge in [-0.25, -0.2) is 4.79 Å². The number of para-hydroxylation sites is 1. The Morgan fingerprint density at radius 3 is 2.50 bits per heavy atom. The zero-order chi connectivity index (χ0) is 18.9. The molecule has 0 bridgehead atoms. The van der Waals surface area contributed by atoms with E-state index in [-0.39, 0.29) is 29.4 Å². The van der Waals surface area contributed by atoms with Crippen LogP contribution in [0.1, 0.15) is 22.3 Å². The number of aromatic nitrogens is 2. The summed E-state index contributed by atoms with van der Waals surface area (Å²) in [5, 5.41) is 2.36. The molecule has 144 valence electrons. The van der Waals surface area contributed by atoms with Crippen LogP contribution in [0.4, 0.5) is 0 Å². The first-order valence-corrected chi connectivity index (χ1v) is 9.12. The molecule has 2 aromatic heterocycles. The van der Waals surface area contributed by atoms with Crippen molar-refractivity contribution in [3.63, 3.8) is 0 Å². The monoisotopic (exact) mass is 397 g/mol. The third-order valence-corrected chi connectivity index (χ3v) is 5.63. The van der Waals surface area contributed by atoms with Crippen molar-refractivity contribution in [1.29, 1.82) is 0 Å². The van der Waals surface area contributed by atoms with Crippen LogP contribution in [-0.2, 0) is 13.0 Å². The summed E-state index contributed by atoms with van der Waals surface area (Å²) in [7, 11) is 3.83. The van der Waals surface area contributed by atoms with Gasteiger partial charge in [-0.2, -0.15) is 0 Å². The van der Waals surface area contributed by atoms with Crippen LogP contribution in [0.25, 0.3) is 27.2 Å². The zero-order valence-electron chi connectivity index (χ0n) is 15.7. The first-order chi connectivity index (χ1) is 13.0. The molecule has 0 aliphatic heterocycles. The predicted octanol–water partition coefficient (Wildman–Crippen LogP) is 2.32. The van der Waals surface area contributed by atoms with Gasteiger partial charge in [-0.1, -0.05) is 12.1 Å². The summed E-state index contributed by atoms with van der Waals surface area (Å²) < 4.78 is 2.97. The van der Waals surface area contributed by atoms with Crippen LogP contribution in [-0.4, -0.2) is 40.3 Å². The first-order valence-electron chi connectivity index (χ1n) is 9.12. The topological polar surface area (TPSA) is 63.8 Å². The van der Waals surface area contributed by atoms with Crippen molar-refractivity contribution >= 4 is 45.4 Å². The van der Waals surface area contributed by atoms with E-state index < -0.39 is 0 Å². The van der Waals surface area contributed by atoms with Crippen LogP contribution >= 0.6 is 12.4 Å². The van der Waals surface area contributed by atoms with Gasteiger partial charge in [-0.05, 0) is 44.3 Å². The summed E-state index contributed by atoms with van der Waals surface area (Å²) >= 11 is 0. The molecule has 0 N–H and O–H groups in total. The summed E-state index contributed by atoms with van der Waals surface area (Å²) in [6.45, 7) is 0.940. The molecular weight excluding hydrogens is 378 g/mol. The second kappa shape index (κ2) is 6.43. The molecule has 0 spiro atoms. The molecule has 0 atom stereocenters. The smallest absolute Gasteiger partial charge is 0.308 e. The fraction of sp³-hybridized carbons (Fsp3) is 0.286. The molecule has 7 heteroatoms. The van der Waals surface area contributed by atoms with Gasteiger partial charge in [0, 0.05) is 35.8 Å². The summed E-state index contributed by atoms with van der Waals surface area (Å²) in [5.41, 5.74) is 2.62. The molecule has 4 aromatic rings. The quantitative estimate of drug-likeness (QED) is 0.532. The lowest BCUT2D eigenvalue weighted by Gasteiger charge is -2.12. The minimum Gasteiger partial charge on any atom is -0.308 e. The van der Waals surface area contributed by atoms with E-state index in [0.29, 0.717) is 36.8 Å². The molecule has 1 aliphatic rings. The highest BCUT2D eigenvalue weighted by molar-refractivity contribution is 6.18. The molecule has 2 heterocycles. The van der Waals surface area contributed by atoms with E-state index in [2.05, 4.69) is 0 Å². The molecule has 28 heavy (non-hydrogen) atoms. The number of hydrogen-bond donors (Lipinski definition) is 0. The highest BCUT2D eigenvalue weighted by atomic mass is 35.5. The summed E-state index contributed by atoms with van der Waals surface area (Å²) in [6, 6.07) is 9.24. The molecule has 0 amide bonds. The Morgan fingerprint density at radius 2 is 1.75 bits per heavy atom. The highest BCUT2D eigenvalue weighted by Crippen LogP contribution is 2.36. The van der Waals surface area contributed by atoms with E-state index in [9.17, 15) is 14.4 Å². The molecule has 5 rings (SSSR count). The molecule has 0 saturated carbocycles. The maximum Gasteiger partial charge on any atom is 0.336 e. The molecule has 0 unspecified atom stereocenters. The van der Waals surface area contributed by atoms with Crippen molar-refractivity contribution in [3.8, 4) is 0 Å². The fourth-order valence-electron chi connectivity index (χ4n) is 4.34. The predicted molar refractivity (Wildman–Crippen MR) is 113 cm³/mol. The lowest BCUT2D eigenvalue weighted by atomic mass is 10.0. The average molecular weight is 398 g/mol. The second-order valence-electron chi connectivity index (χ2n) is 7.49. The Labute approximate surface area is 166 Å². The Hall–Kier alpha value is -2.70. The average Bonchev–Trinajstić information content (AvgIpc) is 3.18. The van der Waals surface area contributed by atoms with Gasteiger partial charge in [-0.15, -0.1) is 12.4 Å². The number of carbonyl (C=O) groups is 1. The number of hydrogen-bond acceptors (Lipinski definition) is 4. The Morgan fingerprint density at radius 1 is 1.00 bits per heavy atom. The number of Topliss-reactive ketones (excluding diaryl/α,β-unsaturated/α-hetero) is 1. The van der Waals surface area contributed by atoms with Gasteiger partial charge in [-0.3, -0.25) is 18.6 Å². The van der Waals surface area contributed by atoms with Gasteiger partial charge >= 0.3 is 5.69 Å². The van der Waals surface area contributed by atoms with E-state index in [1.807, 2.05) is 43.3 Å². The standard InChI is InChI=1S/C21H19N3O3.ClH/c1-22(2)10-11-23-20(26)15-5-3-4-14-18-13-7-9-17(25)12(13)6-8-16(18)24(19(14)15)21(23)27;/h3-6,8H,7,9-11H2,1-2H3;1H. The molecule has 2 aromatic carbocycles.